The monoisotopic (exact) mass is 344 g/mol. The highest BCUT2D eigenvalue weighted by Crippen LogP contribution is 2.31. The molecule has 8 heteroatoms. The maximum atomic E-state index is 12.9. The number of hydrogen-bond donors (Lipinski definition) is 0. The third-order valence-corrected chi connectivity index (χ3v) is 8.15. The maximum Gasteiger partial charge on any atom is 0.304 e. The van der Waals surface area contributed by atoms with E-state index in [1.54, 1.807) is 0 Å². The van der Waals surface area contributed by atoms with Crippen LogP contribution in [-0.4, -0.2) is 52.3 Å². The van der Waals surface area contributed by atoms with Gasteiger partial charge in [-0.25, -0.2) is 8.42 Å². The molecule has 1 aromatic carbocycles. The van der Waals surface area contributed by atoms with Crippen LogP contribution in [0.2, 0.25) is 0 Å². The van der Waals surface area contributed by atoms with Crippen LogP contribution >= 0.6 is 0 Å². The minimum absolute atomic E-state index is 0.0636. The molecule has 0 aliphatic carbocycles. The van der Waals surface area contributed by atoms with E-state index in [2.05, 4.69) is 0 Å². The number of anilines is 1. The molecule has 1 fully saturated rings. The number of benzene rings is 1. The summed E-state index contributed by atoms with van der Waals surface area (Å²) >= 11 is 0. The predicted octanol–water partition coefficient (Wildman–Crippen LogP) is 0.803. The van der Waals surface area contributed by atoms with Crippen molar-refractivity contribution in [2.75, 3.05) is 29.4 Å². The molecule has 1 saturated heterocycles. The number of aryl methyl sites for hydroxylation is 1. The Morgan fingerprint density at radius 2 is 2.00 bits per heavy atom. The first-order chi connectivity index (χ1) is 10.3. The van der Waals surface area contributed by atoms with Crippen LogP contribution in [0.4, 0.5) is 5.69 Å². The van der Waals surface area contributed by atoms with Crippen molar-refractivity contribution < 1.29 is 16.8 Å². The van der Waals surface area contributed by atoms with E-state index in [1.165, 1.54) is 15.7 Å². The number of para-hydroxylation sites is 1. The number of nitrogens with zero attached hydrogens (tertiary/aromatic N) is 2. The zero-order valence-electron chi connectivity index (χ0n) is 12.5. The summed E-state index contributed by atoms with van der Waals surface area (Å²) in [4.78, 5) is 0. The van der Waals surface area contributed by atoms with Gasteiger partial charge in [0.2, 0.25) is 0 Å². The third kappa shape index (κ3) is 2.75. The Hall–Kier alpha value is -1.12. The molecule has 2 heterocycles. The van der Waals surface area contributed by atoms with Crippen LogP contribution < -0.4 is 4.31 Å². The molecule has 2 aliphatic rings. The number of hydrogen-bond acceptors (Lipinski definition) is 4. The lowest BCUT2D eigenvalue weighted by molar-refractivity contribution is 0.391. The molecular formula is C14H20N2O4S2. The molecule has 6 nitrogen and oxygen atoms in total. The molecule has 0 radical (unpaired) electrons. The summed E-state index contributed by atoms with van der Waals surface area (Å²) in [6, 6.07) is 7.01. The Morgan fingerprint density at radius 1 is 1.27 bits per heavy atom. The Labute approximate surface area is 131 Å². The summed E-state index contributed by atoms with van der Waals surface area (Å²) < 4.78 is 51.7. The summed E-state index contributed by atoms with van der Waals surface area (Å²) in [6.07, 6.45) is 2.00. The lowest BCUT2D eigenvalue weighted by Gasteiger charge is -2.35. The normalized spacial score (nSPS) is 24.5. The number of sulfone groups is 1. The van der Waals surface area contributed by atoms with Gasteiger partial charge in [-0.2, -0.15) is 12.7 Å². The zero-order valence-corrected chi connectivity index (χ0v) is 14.1. The van der Waals surface area contributed by atoms with Crippen LogP contribution in [0.5, 0.6) is 0 Å². The number of rotatable bonds is 3. The lowest BCUT2D eigenvalue weighted by Crippen LogP contribution is -2.48. The summed E-state index contributed by atoms with van der Waals surface area (Å²) in [7, 11) is -5.34. The molecule has 0 saturated carbocycles. The Bertz CT molecular complexity index is 774. The van der Waals surface area contributed by atoms with Crippen molar-refractivity contribution in [3.63, 3.8) is 0 Å². The van der Waals surface area contributed by atoms with Gasteiger partial charge >= 0.3 is 10.2 Å². The molecule has 0 N–H and O–H groups in total. The van der Waals surface area contributed by atoms with Crippen LogP contribution in [0, 0.1) is 0 Å². The van der Waals surface area contributed by atoms with Crippen molar-refractivity contribution in [3.05, 3.63) is 29.8 Å². The molecule has 1 atom stereocenters. The standard InChI is InChI=1S/C14H20N2O4S2/c1-15(13-8-10-21(17,18)11-13)22(19,20)16-9-4-6-12-5-2-3-7-14(12)16/h2-3,5,7,13H,4,6,8-11H2,1H3. The van der Waals surface area contributed by atoms with Crippen molar-refractivity contribution in [2.24, 2.45) is 0 Å². The van der Waals surface area contributed by atoms with Crippen LogP contribution in [0.15, 0.2) is 24.3 Å². The van der Waals surface area contributed by atoms with Gasteiger partial charge in [-0.15, -0.1) is 0 Å². The Morgan fingerprint density at radius 3 is 2.68 bits per heavy atom. The average Bonchev–Trinajstić information content (AvgIpc) is 2.85. The van der Waals surface area contributed by atoms with Crippen molar-refractivity contribution in [1.29, 1.82) is 0 Å². The van der Waals surface area contributed by atoms with Crippen molar-refractivity contribution in [2.45, 2.75) is 25.3 Å². The van der Waals surface area contributed by atoms with Gasteiger partial charge in [0, 0.05) is 19.6 Å². The van der Waals surface area contributed by atoms with Gasteiger partial charge in [-0.05, 0) is 30.9 Å². The van der Waals surface area contributed by atoms with Gasteiger partial charge in [0.05, 0.1) is 17.2 Å². The van der Waals surface area contributed by atoms with Crippen LogP contribution in [0.1, 0.15) is 18.4 Å². The first-order valence-electron chi connectivity index (χ1n) is 7.35. The van der Waals surface area contributed by atoms with E-state index in [0.29, 0.717) is 18.7 Å². The van der Waals surface area contributed by atoms with Gasteiger partial charge in [0.15, 0.2) is 9.84 Å². The lowest BCUT2D eigenvalue weighted by atomic mass is 10.0. The highest BCUT2D eigenvalue weighted by Gasteiger charge is 2.39. The largest absolute Gasteiger partial charge is 0.304 e. The molecule has 3 rings (SSSR count). The molecule has 1 unspecified atom stereocenters. The molecule has 22 heavy (non-hydrogen) atoms. The second-order valence-electron chi connectivity index (χ2n) is 5.89. The highest BCUT2D eigenvalue weighted by atomic mass is 32.2. The summed E-state index contributed by atoms with van der Waals surface area (Å²) in [6.45, 7) is 0.434. The molecular weight excluding hydrogens is 324 g/mol. The minimum Gasteiger partial charge on any atom is -0.257 e. The molecule has 0 spiro atoms. The van der Waals surface area contributed by atoms with Crippen molar-refractivity contribution in [3.8, 4) is 0 Å². The summed E-state index contributed by atoms with van der Waals surface area (Å²) in [5, 5.41) is 0. The van der Waals surface area contributed by atoms with Crippen LogP contribution in [0.3, 0.4) is 0 Å². The van der Waals surface area contributed by atoms with E-state index in [1.807, 2.05) is 24.3 Å². The van der Waals surface area contributed by atoms with E-state index in [0.717, 1.165) is 18.4 Å². The van der Waals surface area contributed by atoms with Crippen LogP contribution in [-0.2, 0) is 26.5 Å². The summed E-state index contributed by atoms with van der Waals surface area (Å²) in [5.41, 5.74) is 1.73. The van der Waals surface area contributed by atoms with E-state index in [-0.39, 0.29) is 11.5 Å². The van der Waals surface area contributed by atoms with Gasteiger partial charge < -0.3 is 0 Å². The Balaban J connectivity index is 1.91. The smallest absolute Gasteiger partial charge is 0.257 e. The minimum atomic E-state index is -3.71. The fourth-order valence-electron chi connectivity index (χ4n) is 3.14. The van der Waals surface area contributed by atoms with Crippen LogP contribution in [0.25, 0.3) is 0 Å². The fraction of sp³-hybridized carbons (Fsp3) is 0.571. The van der Waals surface area contributed by atoms with E-state index in [9.17, 15) is 16.8 Å². The topological polar surface area (TPSA) is 74.8 Å². The molecule has 0 amide bonds. The van der Waals surface area contributed by atoms with E-state index >= 15 is 0 Å². The summed E-state index contributed by atoms with van der Waals surface area (Å²) in [5.74, 6) is -0.0215. The fourth-order valence-corrected chi connectivity index (χ4v) is 6.67. The van der Waals surface area contributed by atoms with Gasteiger partial charge in [-0.3, -0.25) is 4.31 Å². The van der Waals surface area contributed by atoms with Gasteiger partial charge in [-0.1, -0.05) is 18.2 Å². The molecule has 0 bridgehead atoms. The van der Waals surface area contributed by atoms with E-state index < -0.39 is 26.1 Å². The molecule has 2 aliphatic heterocycles. The van der Waals surface area contributed by atoms with Crippen molar-refractivity contribution >= 4 is 25.7 Å². The molecule has 122 valence electrons. The van der Waals surface area contributed by atoms with E-state index in [4.69, 9.17) is 0 Å². The first-order valence-corrected chi connectivity index (χ1v) is 10.6. The number of fused-ring (bicyclic) bond motifs is 1. The zero-order chi connectivity index (χ0) is 16.0. The van der Waals surface area contributed by atoms with Gasteiger partial charge in [0.1, 0.15) is 0 Å². The molecule has 0 aromatic heterocycles. The third-order valence-electron chi connectivity index (χ3n) is 4.43. The first kappa shape index (κ1) is 15.8. The second-order valence-corrected chi connectivity index (χ2v) is 10.0. The average molecular weight is 344 g/mol. The van der Waals surface area contributed by atoms with Crippen molar-refractivity contribution in [1.82, 2.24) is 4.31 Å². The maximum absolute atomic E-state index is 12.9. The second kappa shape index (κ2) is 5.50. The Kier molecular flexibility index (Phi) is 3.94. The highest BCUT2D eigenvalue weighted by molar-refractivity contribution is 7.92. The molecule has 1 aromatic rings. The predicted molar refractivity (Wildman–Crippen MR) is 85.9 cm³/mol. The quantitative estimate of drug-likeness (QED) is 0.813. The SMILES string of the molecule is CN(C1CCS(=O)(=O)C1)S(=O)(=O)N1CCCc2ccccc21. The van der Waals surface area contributed by atoms with Gasteiger partial charge in [0.25, 0.3) is 0 Å².